The number of rotatable bonds is 6. The number of carbonyl (C=O) groups is 1. The van der Waals surface area contributed by atoms with Crippen LogP contribution >= 0.6 is 0 Å². The highest BCUT2D eigenvalue weighted by molar-refractivity contribution is 5.95. The van der Waals surface area contributed by atoms with Crippen LogP contribution in [0.2, 0.25) is 0 Å². The fourth-order valence-electron chi connectivity index (χ4n) is 6.75. The van der Waals surface area contributed by atoms with Gasteiger partial charge in [-0.1, -0.05) is 30.3 Å². The van der Waals surface area contributed by atoms with Crippen LogP contribution in [0.5, 0.6) is 0 Å². The van der Waals surface area contributed by atoms with Gasteiger partial charge in [-0.2, -0.15) is 26.3 Å². The van der Waals surface area contributed by atoms with Gasteiger partial charge in [0.2, 0.25) is 0 Å². The van der Waals surface area contributed by atoms with Gasteiger partial charge in [0.15, 0.2) is 0 Å². The second-order valence-electron chi connectivity index (χ2n) is 12.0. The third kappa shape index (κ3) is 7.09. The maximum Gasteiger partial charge on any atom is 0.416 e. The van der Waals surface area contributed by atoms with Crippen molar-refractivity contribution in [1.82, 2.24) is 24.7 Å². The van der Waals surface area contributed by atoms with Crippen molar-refractivity contribution in [3.8, 4) is 0 Å². The number of piperazine rings is 1. The van der Waals surface area contributed by atoms with Gasteiger partial charge in [0, 0.05) is 81.9 Å². The van der Waals surface area contributed by atoms with Gasteiger partial charge in [0.25, 0.3) is 5.91 Å². The Bertz CT molecular complexity index is 1420. The van der Waals surface area contributed by atoms with E-state index in [9.17, 15) is 31.1 Å². The molecule has 45 heavy (non-hydrogen) atoms. The SMILES string of the molecule is O=C(c1cc(C(F)(F)F)cc(C(F)(F)F)c1)N1CCC(N2CCN(C3CN(c4cnccn4)C3)CC2)C[C@H]1Cc1ccccc1. The molecule has 0 spiro atoms. The molecular formula is C32H34F6N6O. The second-order valence-corrected chi connectivity index (χ2v) is 12.0. The van der Waals surface area contributed by atoms with E-state index in [1.165, 1.54) is 4.90 Å². The lowest BCUT2D eigenvalue weighted by molar-refractivity contribution is -0.143. The first-order valence-electron chi connectivity index (χ1n) is 15.1. The minimum atomic E-state index is -5.03. The quantitative estimate of drug-likeness (QED) is 0.347. The lowest BCUT2D eigenvalue weighted by Crippen LogP contribution is -2.64. The highest BCUT2D eigenvalue weighted by Gasteiger charge is 2.41. The molecule has 6 rings (SSSR count). The second kappa shape index (κ2) is 12.6. The number of nitrogens with zero attached hydrogens (tertiary/aromatic N) is 6. The van der Waals surface area contributed by atoms with Gasteiger partial charge in [-0.15, -0.1) is 0 Å². The zero-order chi connectivity index (χ0) is 31.8. The molecule has 0 saturated carbocycles. The normalized spacial score (nSPS) is 22.4. The number of likely N-dealkylation sites (tertiary alicyclic amines) is 1. The van der Waals surface area contributed by atoms with Crippen LogP contribution in [-0.2, 0) is 18.8 Å². The van der Waals surface area contributed by atoms with Gasteiger partial charge in [-0.05, 0) is 43.0 Å². The van der Waals surface area contributed by atoms with Gasteiger partial charge in [0.1, 0.15) is 5.82 Å². The first-order chi connectivity index (χ1) is 21.5. The summed E-state index contributed by atoms with van der Waals surface area (Å²) in [5.41, 5.74) is -2.62. The zero-order valence-electron chi connectivity index (χ0n) is 24.5. The van der Waals surface area contributed by atoms with E-state index in [-0.39, 0.29) is 24.7 Å². The van der Waals surface area contributed by atoms with Crippen molar-refractivity contribution in [2.45, 2.75) is 49.7 Å². The summed E-state index contributed by atoms with van der Waals surface area (Å²) in [5, 5.41) is 0. The number of hydrogen-bond donors (Lipinski definition) is 0. The number of anilines is 1. The number of amides is 1. The predicted octanol–water partition coefficient (Wildman–Crippen LogP) is 5.24. The molecule has 0 radical (unpaired) electrons. The molecule has 1 unspecified atom stereocenters. The van der Waals surface area contributed by atoms with Crippen LogP contribution in [0.1, 0.15) is 39.9 Å². The molecule has 2 aromatic carbocycles. The Balaban J connectivity index is 1.14. The average Bonchev–Trinajstić information content (AvgIpc) is 3.00. The summed E-state index contributed by atoms with van der Waals surface area (Å²) in [4.78, 5) is 30.8. The largest absolute Gasteiger partial charge is 0.416 e. The summed E-state index contributed by atoms with van der Waals surface area (Å²) in [6.45, 7) is 5.52. The van der Waals surface area contributed by atoms with Crippen molar-refractivity contribution >= 4 is 11.7 Å². The molecule has 0 bridgehead atoms. The van der Waals surface area contributed by atoms with Gasteiger partial charge in [-0.25, -0.2) is 4.98 Å². The van der Waals surface area contributed by atoms with Crippen molar-refractivity contribution in [3.05, 3.63) is 89.4 Å². The Labute approximate surface area is 257 Å². The summed E-state index contributed by atoms with van der Waals surface area (Å²) < 4.78 is 81.3. The van der Waals surface area contributed by atoms with Crippen LogP contribution in [0.25, 0.3) is 0 Å². The molecular weight excluding hydrogens is 598 g/mol. The molecule has 2 atom stereocenters. The van der Waals surface area contributed by atoms with Gasteiger partial charge in [0.05, 0.1) is 17.3 Å². The molecule has 3 fully saturated rings. The number of alkyl halides is 6. The van der Waals surface area contributed by atoms with E-state index >= 15 is 0 Å². The van der Waals surface area contributed by atoms with E-state index < -0.39 is 35.0 Å². The summed E-state index contributed by atoms with van der Waals surface area (Å²) in [7, 11) is 0. The average molecular weight is 633 g/mol. The van der Waals surface area contributed by atoms with E-state index in [1.807, 2.05) is 30.3 Å². The topological polar surface area (TPSA) is 55.8 Å². The first kappa shape index (κ1) is 31.3. The fraction of sp³-hybridized carbons (Fsp3) is 0.469. The van der Waals surface area contributed by atoms with Crippen LogP contribution in [-0.4, -0.2) is 94.5 Å². The van der Waals surface area contributed by atoms with E-state index in [0.29, 0.717) is 37.4 Å². The van der Waals surface area contributed by atoms with Gasteiger partial charge >= 0.3 is 12.4 Å². The number of piperidine rings is 1. The third-order valence-corrected chi connectivity index (χ3v) is 9.22. The van der Waals surface area contributed by atoms with Crippen molar-refractivity contribution in [1.29, 1.82) is 0 Å². The third-order valence-electron chi connectivity index (χ3n) is 9.22. The zero-order valence-corrected chi connectivity index (χ0v) is 24.5. The molecule has 1 aromatic heterocycles. The van der Waals surface area contributed by atoms with Crippen molar-refractivity contribution in [2.24, 2.45) is 0 Å². The summed E-state index contributed by atoms with van der Waals surface area (Å²) in [6, 6.07) is 10.8. The standard InChI is InChI=1S/C32H34F6N6O/c33-31(34,35)24-15-23(16-25(17-24)32(36,37)38)30(45)44-9-6-26(18-27(44)14-22-4-2-1-3-5-22)41-10-12-42(13-11-41)28-20-43(21-28)29-19-39-7-8-40-29/h1-5,7-8,15-17,19,26-28H,6,9-14,18,20-21H2/t26?,27-/m1/s1. The minimum Gasteiger partial charge on any atom is -0.352 e. The molecule has 3 aromatic rings. The fourth-order valence-corrected chi connectivity index (χ4v) is 6.75. The molecule has 4 heterocycles. The monoisotopic (exact) mass is 632 g/mol. The van der Waals surface area contributed by atoms with Crippen molar-refractivity contribution in [2.75, 3.05) is 50.7 Å². The molecule has 3 aliphatic rings. The number of halogens is 6. The molecule has 7 nitrogen and oxygen atoms in total. The maximum absolute atomic E-state index is 13.7. The summed E-state index contributed by atoms with van der Waals surface area (Å²) >= 11 is 0. The summed E-state index contributed by atoms with van der Waals surface area (Å²) in [5.74, 6) is 0.0614. The lowest BCUT2D eigenvalue weighted by Gasteiger charge is -2.50. The van der Waals surface area contributed by atoms with Crippen LogP contribution in [0.15, 0.2) is 67.1 Å². The Morgan fingerprint density at radius 3 is 2.00 bits per heavy atom. The van der Waals surface area contributed by atoms with Gasteiger partial charge < -0.3 is 9.80 Å². The summed E-state index contributed by atoms with van der Waals surface area (Å²) in [6.07, 6.45) is -3.33. The number of aromatic nitrogens is 2. The van der Waals surface area contributed by atoms with E-state index in [0.717, 1.165) is 50.6 Å². The Morgan fingerprint density at radius 2 is 1.42 bits per heavy atom. The van der Waals surface area contributed by atoms with Crippen LogP contribution in [0.3, 0.4) is 0 Å². The number of benzene rings is 2. The predicted molar refractivity (Wildman–Crippen MR) is 156 cm³/mol. The van der Waals surface area contributed by atoms with E-state index in [2.05, 4.69) is 24.7 Å². The number of hydrogen-bond acceptors (Lipinski definition) is 6. The van der Waals surface area contributed by atoms with Crippen molar-refractivity contribution in [3.63, 3.8) is 0 Å². The molecule has 0 aliphatic carbocycles. The van der Waals surface area contributed by atoms with Gasteiger partial charge in [-0.3, -0.25) is 19.6 Å². The molecule has 1 amide bonds. The Morgan fingerprint density at radius 1 is 0.800 bits per heavy atom. The molecule has 0 N–H and O–H groups in total. The molecule has 13 heteroatoms. The Kier molecular flexibility index (Phi) is 8.75. The number of carbonyl (C=O) groups excluding carboxylic acids is 1. The lowest BCUT2D eigenvalue weighted by atomic mass is 9.90. The molecule has 3 saturated heterocycles. The van der Waals surface area contributed by atoms with E-state index in [4.69, 9.17) is 0 Å². The van der Waals surface area contributed by atoms with Crippen molar-refractivity contribution < 1.29 is 31.1 Å². The minimum absolute atomic E-state index is 0.0566. The highest BCUT2D eigenvalue weighted by atomic mass is 19.4. The molecule has 240 valence electrons. The maximum atomic E-state index is 13.7. The first-order valence-corrected chi connectivity index (χ1v) is 15.1. The van der Waals surface area contributed by atoms with Crippen LogP contribution < -0.4 is 4.90 Å². The van der Waals surface area contributed by atoms with E-state index in [1.54, 1.807) is 18.6 Å². The van der Waals surface area contributed by atoms with Crippen LogP contribution in [0.4, 0.5) is 32.2 Å². The smallest absolute Gasteiger partial charge is 0.352 e. The Hall–Kier alpha value is -3.71. The van der Waals surface area contributed by atoms with Crippen LogP contribution in [0, 0.1) is 0 Å². The highest BCUT2D eigenvalue weighted by Crippen LogP contribution is 2.37. The molecule has 3 aliphatic heterocycles.